The summed E-state index contributed by atoms with van der Waals surface area (Å²) in [4.78, 5) is 5.40. The highest BCUT2D eigenvalue weighted by Crippen LogP contribution is 2.25. The third-order valence-electron chi connectivity index (χ3n) is 5.08. The van der Waals surface area contributed by atoms with Crippen LogP contribution in [0.1, 0.15) is 46.5 Å². The molecule has 0 radical (unpaired) electrons. The summed E-state index contributed by atoms with van der Waals surface area (Å²) in [6.07, 6.45) is 5.80. The normalized spacial score (nSPS) is 25.9. The molecule has 0 bridgehead atoms. The molecule has 0 aromatic heterocycles. The average molecular weight is 267 g/mol. The van der Waals surface area contributed by atoms with Crippen LogP contribution in [-0.2, 0) is 0 Å². The summed E-state index contributed by atoms with van der Waals surface area (Å²) in [6, 6.07) is 1.50. The van der Waals surface area contributed by atoms with E-state index in [1.807, 2.05) is 0 Å². The molecule has 0 aromatic rings. The van der Waals surface area contributed by atoms with Crippen LogP contribution in [0.4, 0.5) is 0 Å². The van der Waals surface area contributed by atoms with Gasteiger partial charge in [-0.25, -0.2) is 0 Å². The topological polar surface area (TPSA) is 18.5 Å². The van der Waals surface area contributed by atoms with E-state index in [1.54, 1.807) is 0 Å². The van der Waals surface area contributed by atoms with Gasteiger partial charge < -0.3 is 5.32 Å². The molecule has 2 rings (SSSR count). The highest BCUT2D eigenvalue weighted by atomic mass is 15.3. The van der Waals surface area contributed by atoms with Crippen LogP contribution in [0.25, 0.3) is 0 Å². The lowest BCUT2D eigenvalue weighted by atomic mass is 9.86. The standard InChI is InChI=1S/C16H33N3/c1-16(2,3)15(17-4)13-18-9-11-19(12-10-18)14-7-5-6-8-14/h14-15,17H,5-13H2,1-4H3. The zero-order valence-electron chi connectivity index (χ0n) is 13.4. The molecule has 1 saturated heterocycles. The molecular weight excluding hydrogens is 234 g/mol. The van der Waals surface area contributed by atoms with Crippen molar-refractivity contribution in [2.75, 3.05) is 39.8 Å². The molecule has 1 saturated carbocycles. The summed E-state index contributed by atoms with van der Waals surface area (Å²) >= 11 is 0. The van der Waals surface area contributed by atoms with Crippen LogP contribution < -0.4 is 5.32 Å². The Morgan fingerprint density at radius 2 is 1.63 bits per heavy atom. The number of piperazine rings is 1. The Morgan fingerprint density at radius 3 is 2.11 bits per heavy atom. The third kappa shape index (κ3) is 4.17. The molecule has 0 spiro atoms. The quantitative estimate of drug-likeness (QED) is 0.842. The zero-order valence-corrected chi connectivity index (χ0v) is 13.4. The van der Waals surface area contributed by atoms with Crippen molar-refractivity contribution in [2.24, 2.45) is 5.41 Å². The van der Waals surface area contributed by atoms with Crippen LogP contribution in [0.2, 0.25) is 0 Å². The van der Waals surface area contributed by atoms with Crippen molar-refractivity contribution < 1.29 is 0 Å². The minimum atomic E-state index is 0.345. The summed E-state index contributed by atoms with van der Waals surface area (Å²) in [6.45, 7) is 13.3. The fourth-order valence-electron chi connectivity index (χ4n) is 3.64. The maximum Gasteiger partial charge on any atom is 0.0240 e. The minimum Gasteiger partial charge on any atom is -0.315 e. The highest BCUT2D eigenvalue weighted by molar-refractivity contribution is 4.86. The van der Waals surface area contributed by atoms with Crippen LogP contribution in [0, 0.1) is 5.41 Å². The van der Waals surface area contributed by atoms with Gasteiger partial charge >= 0.3 is 0 Å². The Labute approximate surface area is 119 Å². The molecule has 1 aliphatic carbocycles. The first-order valence-electron chi connectivity index (χ1n) is 8.14. The van der Waals surface area contributed by atoms with E-state index >= 15 is 0 Å². The molecular formula is C16H33N3. The van der Waals surface area contributed by atoms with E-state index in [9.17, 15) is 0 Å². The maximum atomic E-state index is 3.50. The largest absolute Gasteiger partial charge is 0.315 e. The fraction of sp³-hybridized carbons (Fsp3) is 1.00. The first-order valence-corrected chi connectivity index (χ1v) is 8.14. The van der Waals surface area contributed by atoms with Crippen molar-refractivity contribution in [2.45, 2.75) is 58.5 Å². The van der Waals surface area contributed by atoms with Crippen LogP contribution in [0.15, 0.2) is 0 Å². The third-order valence-corrected chi connectivity index (χ3v) is 5.08. The van der Waals surface area contributed by atoms with Gasteiger partial charge in [-0.05, 0) is 25.3 Å². The molecule has 1 heterocycles. The summed E-state index contributed by atoms with van der Waals surface area (Å²) < 4.78 is 0. The molecule has 3 nitrogen and oxygen atoms in total. The van der Waals surface area contributed by atoms with Gasteiger partial charge in [0.2, 0.25) is 0 Å². The lowest BCUT2D eigenvalue weighted by Gasteiger charge is -2.41. The smallest absolute Gasteiger partial charge is 0.0240 e. The van der Waals surface area contributed by atoms with Crippen molar-refractivity contribution in [1.29, 1.82) is 0 Å². The van der Waals surface area contributed by atoms with E-state index in [0.29, 0.717) is 11.5 Å². The second-order valence-electron chi connectivity index (χ2n) is 7.48. The molecule has 2 fully saturated rings. The second kappa shape index (κ2) is 6.55. The van der Waals surface area contributed by atoms with Gasteiger partial charge in [-0.3, -0.25) is 9.80 Å². The van der Waals surface area contributed by atoms with Gasteiger partial charge in [0.05, 0.1) is 0 Å². The molecule has 3 heteroatoms. The average Bonchev–Trinajstić information content (AvgIpc) is 2.89. The SMILES string of the molecule is CNC(CN1CCN(C2CCCC2)CC1)C(C)(C)C. The molecule has 1 N–H and O–H groups in total. The monoisotopic (exact) mass is 267 g/mol. The van der Waals surface area contributed by atoms with Gasteiger partial charge in [0.15, 0.2) is 0 Å². The van der Waals surface area contributed by atoms with Gasteiger partial charge in [-0.2, -0.15) is 0 Å². The number of nitrogens with one attached hydrogen (secondary N) is 1. The van der Waals surface area contributed by atoms with Crippen LogP contribution in [0.3, 0.4) is 0 Å². The Morgan fingerprint density at radius 1 is 1.05 bits per heavy atom. The van der Waals surface area contributed by atoms with Crippen molar-refractivity contribution in [3.8, 4) is 0 Å². The number of hydrogen-bond donors (Lipinski definition) is 1. The van der Waals surface area contributed by atoms with E-state index in [0.717, 1.165) is 6.04 Å². The van der Waals surface area contributed by atoms with Gasteiger partial charge in [0.1, 0.15) is 0 Å². The lowest BCUT2D eigenvalue weighted by molar-refractivity contribution is 0.0797. The Balaban J connectivity index is 1.76. The molecule has 0 aromatic carbocycles. The summed E-state index contributed by atoms with van der Waals surface area (Å²) in [7, 11) is 2.10. The highest BCUT2D eigenvalue weighted by Gasteiger charge is 2.29. The van der Waals surface area contributed by atoms with E-state index in [-0.39, 0.29) is 0 Å². The second-order valence-corrected chi connectivity index (χ2v) is 7.48. The van der Waals surface area contributed by atoms with Crippen LogP contribution in [0.5, 0.6) is 0 Å². The summed E-state index contributed by atoms with van der Waals surface area (Å²) in [5.41, 5.74) is 0.345. The van der Waals surface area contributed by atoms with Crippen molar-refractivity contribution >= 4 is 0 Å². The number of hydrogen-bond acceptors (Lipinski definition) is 3. The maximum absolute atomic E-state index is 3.50. The minimum absolute atomic E-state index is 0.345. The molecule has 1 atom stereocenters. The van der Waals surface area contributed by atoms with Crippen molar-refractivity contribution in [3.05, 3.63) is 0 Å². The first-order chi connectivity index (χ1) is 9.00. The number of nitrogens with zero attached hydrogens (tertiary/aromatic N) is 2. The van der Waals surface area contributed by atoms with Crippen LogP contribution in [-0.4, -0.2) is 61.7 Å². The fourth-order valence-corrected chi connectivity index (χ4v) is 3.64. The molecule has 2 aliphatic rings. The molecule has 1 aliphatic heterocycles. The Kier molecular flexibility index (Phi) is 5.27. The van der Waals surface area contributed by atoms with Crippen LogP contribution >= 0.6 is 0 Å². The van der Waals surface area contributed by atoms with Gasteiger partial charge in [0, 0.05) is 44.8 Å². The van der Waals surface area contributed by atoms with Gasteiger partial charge in [0.25, 0.3) is 0 Å². The van der Waals surface area contributed by atoms with Gasteiger partial charge in [-0.1, -0.05) is 33.6 Å². The number of rotatable bonds is 4. The molecule has 112 valence electrons. The Hall–Kier alpha value is -0.120. The predicted molar refractivity (Wildman–Crippen MR) is 82.6 cm³/mol. The van der Waals surface area contributed by atoms with E-state index in [2.05, 4.69) is 42.9 Å². The number of likely N-dealkylation sites (N-methyl/N-ethyl adjacent to an activating group) is 1. The summed E-state index contributed by atoms with van der Waals surface area (Å²) in [5.74, 6) is 0. The van der Waals surface area contributed by atoms with Crippen molar-refractivity contribution in [1.82, 2.24) is 15.1 Å². The Bertz CT molecular complexity index is 258. The van der Waals surface area contributed by atoms with Crippen molar-refractivity contribution in [3.63, 3.8) is 0 Å². The molecule has 19 heavy (non-hydrogen) atoms. The van der Waals surface area contributed by atoms with Gasteiger partial charge in [-0.15, -0.1) is 0 Å². The molecule has 0 amide bonds. The van der Waals surface area contributed by atoms with E-state index < -0.39 is 0 Å². The lowest BCUT2D eigenvalue weighted by Crippen LogP contribution is -2.54. The predicted octanol–water partition coefficient (Wildman–Crippen LogP) is 2.18. The first kappa shape index (κ1) is 15.3. The van der Waals surface area contributed by atoms with E-state index in [4.69, 9.17) is 0 Å². The molecule has 1 unspecified atom stereocenters. The zero-order chi connectivity index (χ0) is 13.9. The van der Waals surface area contributed by atoms with E-state index in [1.165, 1.54) is 58.4 Å². The summed E-state index contributed by atoms with van der Waals surface area (Å²) in [5, 5.41) is 3.50.